The molecule has 28 heavy (non-hydrogen) atoms. The molecule has 0 amide bonds. The van der Waals surface area contributed by atoms with Crippen LogP contribution in [0.4, 0.5) is 8.78 Å². The maximum Gasteiger partial charge on any atom is 0.196 e. The van der Waals surface area contributed by atoms with Crippen LogP contribution < -0.4 is 0 Å². The SMILES string of the molecule is Cc1ccc(-n2c(SCc3ccc(F)cc3F)nnc2-c2cccnc2)cc1. The lowest BCUT2D eigenvalue weighted by Crippen LogP contribution is -2.00. The highest BCUT2D eigenvalue weighted by atomic mass is 32.2. The van der Waals surface area contributed by atoms with Crippen molar-refractivity contribution in [1.82, 2.24) is 19.7 Å². The molecule has 0 fully saturated rings. The molecule has 0 radical (unpaired) electrons. The van der Waals surface area contributed by atoms with Gasteiger partial charge >= 0.3 is 0 Å². The lowest BCUT2D eigenvalue weighted by Gasteiger charge is -2.11. The first-order valence-corrected chi connectivity index (χ1v) is 9.60. The third-order valence-corrected chi connectivity index (χ3v) is 5.19. The van der Waals surface area contributed by atoms with Crippen molar-refractivity contribution in [1.29, 1.82) is 0 Å². The van der Waals surface area contributed by atoms with E-state index in [0.717, 1.165) is 22.9 Å². The minimum atomic E-state index is -0.590. The summed E-state index contributed by atoms with van der Waals surface area (Å²) in [4.78, 5) is 4.16. The number of thioether (sulfide) groups is 1. The van der Waals surface area contributed by atoms with E-state index in [2.05, 4.69) is 15.2 Å². The lowest BCUT2D eigenvalue weighted by atomic mass is 10.2. The van der Waals surface area contributed by atoms with Crippen molar-refractivity contribution >= 4 is 11.8 Å². The van der Waals surface area contributed by atoms with Crippen LogP contribution in [0.1, 0.15) is 11.1 Å². The molecule has 0 atom stereocenters. The smallest absolute Gasteiger partial charge is 0.196 e. The average Bonchev–Trinajstić information content (AvgIpc) is 3.12. The Kier molecular flexibility index (Phi) is 5.16. The van der Waals surface area contributed by atoms with Gasteiger partial charge in [-0.3, -0.25) is 9.55 Å². The maximum atomic E-state index is 14.0. The molecule has 0 aliphatic heterocycles. The number of rotatable bonds is 5. The molecule has 0 bridgehead atoms. The van der Waals surface area contributed by atoms with Gasteiger partial charge in [-0.1, -0.05) is 35.5 Å². The van der Waals surface area contributed by atoms with Gasteiger partial charge in [0.25, 0.3) is 0 Å². The van der Waals surface area contributed by atoms with Gasteiger partial charge in [0.15, 0.2) is 11.0 Å². The Morgan fingerprint density at radius 2 is 1.82 bits per heavy atom. The van der Waals surface area contributed by atoms with Crippen LogP contribution in [-0.2, 0) is 5.75 Å². The van der Waals surface area contributed by atoms with Gasteiger partial charge in [0, 0.05) is 35.5 Å². The molecule has 4 nitrogen and oxygen atoms in total. The van der Waals surface area contributed by atoms with Gasteiger partial charge in [-0.2, -0.15) is 0 Å². The fourth-order valence-electron chi connectivity index (χ4n) is 2.75. The number of aromatic nitrogens is 4. The summed E-state index contributed by atoms with van der Waals surface area (Å²) in [6.45, 7) is 2.02. The van der Waals surface area contributed by atoms with E-state index in [0.29, 0.717) is 22.3 Å². The highest BCUT2D eigenvalue weighted by Gasteiger charge is 2.17. The number of nitrogens with zero attached hydrogens (tertiary/aromatic N) is 4. The Balaban J connectivity index is 1.72. The minimum Gasteiger partial charge on any atom is -0.270 e. The lowest BCUT2D eigenvalue weighted by molar-refractivity contribution is 0.576. The second kappa shape index (κ2) is 7.90. The zero-order chi connectivity index (χ0) is 19.5. The second-order valence-electron chi connectivity index (χ2n) is 6.24. The van der Waals surface area contributed by atoms with Crippen LogP contribution in [0.5, 0.6) is 0 Å². The Bertz CT molecular complexity index is 1100. The van der Waals surface area contributed by atoms with Crippen molar-refractivity contribution < 1.29 is 8.78 Å². The van der Waals surface area contributed by atoms with Gasteiger partial charge in [-0.05, 0) is 42.8 Å². The first kappa shape index (κ1) is 18.3. The van der Waals surface area contributed by atoms with Gasteiger partial charge in [-0.25, -0.2) is 8.78 Å². The topological polar surface area (TPSA) is 43.6 Å². The average molecular weight is 394 g/mol. The monoisotopic (exact) mass is 394 g/mol. The van der Waals surface area contributed by atoms with E-state index < -0.39 is 11.6 Å². The van der Waals surface area contributed by atoms with E-state index in [9.17, 15) is 8.78 Å². The van der Waals surface area contributed by atoms with Gasteiger partial charge in [0.2, 0.25) is 0 Å². The number of halogens is 2. The summed E-state index contributed by atoms with van der Waals surface area (Å²) in [7, 11) is 0. The largest absolute Gasteiger partial charge is 0.270 e. The van der Waals surface area contributed by atoms with Gasteiger partial charge in [0.05, 0.1) is 0 Å². The second-order valence-corrected chi connectivity index (χ2v) is 7.19. The van der Waals surface area contributed by atoms with Crippen LogP contribution in [-0.4, -0.2) is 19.7 Å². The molecule has 4 aromatic rings. The van der Waals surface area contributed by atoms with E-state index >= 15 is 0 Å². The molecule has 2 heterocycles. The molecule has 0 aliphatic carbocycles. The van der Waals surface area contributed by atoms with Crippen molar-refractivity contribution in [3.05, 3.63) is 89.8 Å². The molecule has 4 rings (SSSR count). The molecule has 0 saturated carbocycles. The number of aryl methyl sites for hydroxylation is 1. The van der Waals surface area contributed by atoms with Gasteiger partial charge in [0.1, 0.15) is 11.6 Å². The maximum absolute atomic E-state index is 14.0. The van der Waals surface area contributed by atoms with E-state index in [-0.39, 0.29) is 0 Å². The van der Waals surface area contributed by atoms with E-state index in [4.69, 9.17) is 0 Å². The van der Waals surface area contributed by atoms with Crippen LogP contribution in [0.2, 0.25) is 0 Å². The Morgan fingerprint density at radius 1 is 1.00 bits per heavy atom. The number of benzene rings is 2. The molecule has 0 unspecified atom stereocenters. The van der Waals surface area contributed by atoms with Crippen LogP contribution in [0.3, 0.4) is 0 Å². The van der Waals surface area contributed by atoms with Crippen LogP contribution >= 0.6 is 11.8 Å². The summed E-state index contributed by atoms with van der Waals surface area (Å²) in [6.07, 6.45) is 3.42. The van der Waals surface area contributed by atoms with Gasteiger partial charge in [-0.15, -0.1) is 10.2 Å². The van der Waals surface area contributed by atoms with E-state index in [1.807, 2.05) is 47.9 Å². The Morgan fingerprint density at radius 3 is 2.54 bits per heavy atom. The summed E-state index contributed by atoms with van der Waals surface area (Å²) in [5.74, 6) is -0.197. The molecule has 0 saturated heterocycles. The number of hydrogen-bond donors (Lipinski definition) is 0. The minimum absolute atomic E-state index is 0.309. The van der Waals surface area contributed by atoms with Crippen molar-refractivity contribution in [2.45, 2.75) is 17.8 Å². The van der Waals surface area contributed by atoms with Crippen molar-refractivity contribution in [3.8, 4) is 17.1 Å². The summed E-state index contributed by atoms with van der Waals surface area (Å²) in [5.41, 5.74) is 3.28. The number of hydrogen-bond acceptors (Lipinski definition) is 4. The summed E-state index contributed by atoms with van der Waals surface area (Å²) in [5, 5.41) is 9.25. The van der Waals surface area contributed by atoms with Gasteiger partial charge < -0.3 is 0 Å². The Labute approximate surface area is 165 Å². The van der Waals surface area contributed by atoms with E-state index in [1.165, 1.54) is 23.9 Å². The third kappa shape index (κ3) is 3.80. The normalized spacial score (nSPS) is 11.0. The standard InChI is InChI=1S/C21H16F2N4S/c1-14-4-8-18(9-5-14)27-20(15-3-2-10-24-12-15)25-26-21(27)28-13-16-6-7-17(22)11-19(16)23/h2-12H,13H2,1H3. The quantitative estimate of drug-likeness (QED) is 0.436. The molecule has 2 aromatic carbocycles. The van der Waals surface area contributed by atoms with Crippen molar-refractivity contribution in [3.63, 3.8) is 0 Å². The molecule has 0 N–H and O–H groups in total. The summed E-state index contributed by atoms with van der Waals surface area (Å²) in [6, 6.07) is 15.3. The molecule has 0 spiro atoms. The molecule has 7 heteroatoms. The summed E-state index contributed by atoms with van der Waals surface area (Å²) >= 11 is 1.34. The molecular formula is C21H16F2N4S. The predicted molar refractivity (Wildman–Crippen MR) is 105 cm³/mol. The van der Waals surface area contributed by atoms with Crippen molar-refractivity contribution in [2.75, 3.05) is 0 Å². The van der Waals surface area contributed by atoms with Crippen LogP contribution in [0.15, 0.2) is 72.1 Å². The predicted octanol–water partition coefficient (Wildman–Crippen LogP) is 5.21. The highest BCUT2D eigenvalue weighted by molar-refractivity contribution is 7.98. The molecular weight excluding hydrogens is 378 g/mol. The third-order valence-electron chi connectivity index (χ3n) is 4.22. The fraction of sp³-hybridized carbons (Fsp3) is 0.0952. The van der Waals surface area contributed by atoms with Crippen LogP contribution in [0.25, 0.3) is 17.1 Å². The highest BCUT2D eigenvalue weighted by Crippen LogP contribution is 2.30. The molecule has 140 valence electrons. The Hall–Kier alpha value is -3.06. The number of pyridine rings is 1. The first-order chi connectivity index (χ1) is 13.6. The van der Waals surface area contributed by atoms with Crippen molar-refractivity contribution in [2.24, 2.45) is 0 Å². The zero-order valence-electron chi connectivity index (χ0n) is 15.0. The van der Waals surface area contributed by atoms with E-state index in [1.54, 1.807) is 12.4 Å². The zero-order valence-corrected chi connectivity index (χ0v) is 15.8. The molecule has 0 aliphatic rings. The molecule has 2 aromatic heterocycles. The summed E-state index contributed by atoms with van der Waals surface area (Å²) < 4.78 is 29.0. The van der Waals surface area contributed by atoms with Crippen LogP contribution in [0, 0.1) is 18.6 Å². The first-order valence-electron chi connectivity index (χ1n) is 8.61. The fourth-order valence-corrected chi connectivity index (χ4v) is 3.69.